The summed E-state index contributed by atoms with van der Waals surface area (Å²) in [5, 5.41) is 16.5. The third-order valence-corrected chi connectivity index (χ3v) is 3.48. The fourth-order valence-electron chi connectivity index (χ4n) is 1.59. The van der Waals surface area contributed by atoms with E-state index in [-0.39, 0.29) is 16.4 Å². The van der Waals surface area contributed by atoms with Crippen LogP contribution in [0.4, 0.5) is 21.9 Å². The number of non-ortho nitro benzene ring substituents is 1. The molecule has 0 radical (unpaired) electrons. The minimum absolute atomic E-state index is 0.103. The fraction of sp³-hybridized carbons (Fsp3) is 0. The Balaban J connectivity index is 2.17. The van der Waals surface area contributed by atoms with Gasteiger partial charge in [0.2, 0.25) is 0 Å². The number of nitro groups is 1. The van der Waals surface area contributed by atoms with Crippen LogP contribution in [-0.4, -0.2) is 11.0 Å². The zero-order valence-corrected chi connectivity index (χ0v) is 13.0. The van der Waals surface area contributed by atoms with E-state index in [1.54, 1.807) is 6.07 Å². The van der Waals surface area contributed by atoms with Gasteiger partial charge in [0.1, 0.15) is 0 Å². The summed E-state index contributed by atoms with van der Waals surface area (Å²) in [5.41, 5.74) is 0.209. The number of halogens is 3. The lowest BCUT2D eigenvalue weighted by molar-refractivity contribution is -0.384. The molecule has 0 unspecified atom stereocenters. The Morgan fingerprint density at radius 3 is 2.09 bits per heavy atom. The quantitative estimate of drug-likeness (QED) is 0.583. The molecular formula is C13H8Cl3N3O3. The number of amides is 2. The zero-order chi connectivity index (χ0) is 16.3. The third-order valence-electron chi connectivity index (χ3n) is 2.59. The van der Waals surface area contributed by atoms with Gasteiger partial charge in [-0.05, 0) is 24.3 Å². The number of nitrogens with zero attached hydrogens (tertiary/aromatic N) is 1. The number of rotatable bonds is 3. The van der Waals surface area contributed by atoms with Crippen LogP contribution in [0.25, 0.3) is 0 Å². The molecule has 0 aliphatic rings. The smallest absolute Gasteiger partial charge is 0.306 e. The Labute approximate surface area is 140 Å². The number of hydrogen-bond acceptors (Lipinski definition) is 3. The van der Waals surface area contributed by atoms with Crippen LogP contribution < -0.4 is 10.6 Å². The maximum atomic E-state index is 11.9. The lowest BCUT2D eigenvalue weighted by Crippen LogP contribution is -2.20. The summed E-state index contributed by atoms with van der Waals surface area (Å²) < 4.78 is 0. The van der Waals surface area contributed by atoms with Gasteiger partial charge in [0.25, 0.3) is 5.69 Å². The highest BCUT2D eigenvalue weighted by Gasteiger charge is 2.13. The summed E-state index contributed by atoms with van der Waals surface area (Å²) in [7, 11) is 0. The standard InChI is InChI=1S/C13H8Cl3N3O3/c14-7-1-3-9(15)11(5-7)17-13(20)18-12-6-8(19(21)22)2-4-10(12)16/h1-6H,(H2,17,18,20). The lowest BCUT2D eigenvalue weighted by Gasteiger charge is -2.10. The van der Waals surface area contributed by atoms with Crippen molar-refractivity contribution >= 4 is 57.9 Å². The predicted octanol–water partition coefficient (Wildman–Crippen LogP) is 5.20. The second kappa shape index (κ2) is 6.83. The molecule has 22 heavy (non-hydrogen) atoms. The van der Waals surface area contributed by atoms with Gasteiger partial charge >= 0.3 is 6.03 Å². The molecule has 0 aliphatic carbocycles. The summed E-state index contributed by atoms with van der Waals surface area (Å²) in [4.78, 5) is 22.1. The van der Waals surface area contributed by atoms with Crippen LogP contribution >= 0.6 is 34.8 Å². The first kappa shape index (κ1) is 16.4. The topological polar surface area (TPSA) is 84.3 Å². The first-order chi connectivity index (χ1) is 10.4. The molecule has 0 atom stereocenters. The van der Waals surface area contributed by atoms with Gasteiger partial charge in [-0.2, -0.15) is 0 Å². The maximum Gasteiger partial charge on any atom is 0.323 e. The number of nitro benzene ring substituents is 1. The molecule has 0 aliphatic heterocycles. The Kier molecular flexibility index (Phi) is 5.07. The molecule has 2 rings (SSSR count). The second-order valence-corrected chi connectivity index (χ2v) is 5.38. The van der Waals surface area contributed by atoms with Crippen molar-refractivity contribution < 1.29 is 9.72 Å². The molecule has 6 nitrogen and oxygen atoms in total. The van der Waals surface area contributed by atoms with Gasteiger partial charge in [-0.25, -0.2) is 4.79 Å². The lowest BCUT2D eigenvalue weighted by atomic mass is 10.3. The van der Waals surface area contributed by atoms with E-state index in [4.69, 9.17) is 34.8 Å². The van der Waals surface area contributed by atoms with Crippen molar-refractivity contribution in [3.63, 3.8) is 0 Å². The Morgan fingerprint density at radius 2 is 1.50 bits per heavy atom. The van der Waals surface area contributed by atoms with E-state index in [0.29, 0.717) is 15.7 Å². The van der Waals surface area contributed by atoms with Crippen molar-refractivity contribution in [1.82, 2.24) is 0 Å². The number of anilines is 2. The summed E-state index contributed by atoms with van der Waals surface area (Å²) in [6.45, 7) is 0. The third kappa shape index (κ3) is 4.00. The van der Waals surface area contributed by atoms with E-state index >= 15 is 0 Å². The molecule has 0 bridgehead atoms. The number of benzene rings is 2. The van der Waals surface area contributed by atoms with Crippen LogP contribution in [-0.2, 0) is 0 Å². The van der Waals surface area contributed by atoms with E-state index < -0.39 is 11.0 Å². The van der Waals surface area contributed by atoms with Crippen LogP contribution in [0.5, 0.6) is 0 Å². The highest BCUT2D eigenvalue weighted by molar-refractivity contribution is 6.36. The van der Waals surface area contributed by atoms with Crippen LogP contribution in [0.15, 0.2) is 36.4 Å². The van der Waals surface area contributed by atoms with Crippen molar-refractivity contribution in [1.29, 1.82) is 0 Å². The molecule has 0 saturated heterocycles. The molecule has 2 aromatic rings. The van der Waals surface area contributed by atoms with Crippen molar-refractivity contribution in [2.75, 3.05) is 10.6 Å². The van der Waals surface area contributed by atoms with E-state index in [1.165, 1.54) is 24.3 Å². The first-order valence-corrected chi connectivity index (χ1v) is 6.97. The molecule has 2 aromatic carbocycles. The maximum absolute atomic E-state index is 11.9. The summed E-state index contributed by atoms with van der Waals surface area (Å²) in [5.74, 6) is 0. The van der Waals surface area contributed by atoms with Crippen molar-refractivity contribution in [3.05, 3.63) is 61.6 Å². The van der Waals surface area contributed by atoms with E-state index in [1.807, 2.05) is 0 Å². The molecule has 0 heterocycles. The number of carbonyl (C=O) groups is 1. The Bertz CT molecular complexity index is 753. The number of nitrogens with one attached hydrogen (secondary N) is 2. The molecular weight excluding hydrogens is 353 g/mol. The summed E-state index contributed by atoms with van der Waals surface area (Å²) >= 11 is 17.6. The largest absolute Gasteiger partial charge is 0.323 e. The van der Waals surface area contributed by atoms with Crippen LogP contribution in [0.1, 0.15) is 0 Å². The molecule has 0 fully saturated rings. The minimum Gasteiger partial charge on any atom is -0.306 e. The molecule has 9 heteroatoms. The second-order valence-electron chi connectivity index (χ2n) is 4.12. The van der Waals surface area contributed by atoms with Gasteiger partial charge in [0.05, 0.1) is 26.3 Å². The van der Waals surface area contributed by atoms with Gasteiger partial charge < -0.3 is 10.6 Å². The van der Waals surface area contributed by atoms with Gasteiger partial charge in [0, 0.05) is 17.2 Å². The molecule has 2 amide bonds. The highest BCUT2D eigenvalue weighted by Crippen LogP contribution is 2.28. The monoisotopic (exact) mass is 359 g/mol. The van der Waals surface area contributed by atoms with Crippen molar-refractivity contribution in [2.45, 2.75) is 0 Å². The van der Waals surface area contributed by atoms with Crippen molar-refractivity contribution in [2.24, 2.45) is 0 Å². The number of carbonyl (C=O) groups excluding carboxylic acids is 1. The van der Waals surface area contributed by atoms with Crippen LogP contribution in [0, 0.1) is 10.1 Å². The summed E-state index contributed by atoms with van der Waals surface area (Å²) in [6.07, 6.45) is 0. The van der Waals surface area contributed by atoms with E-state index in [2.05, 4.69) is 10.6 Å². The SMILES string of the molecule is O=C(Nc1cc(Cl)ccc1Cl)Nc1cc([N+](=O)[O-])ccc1Cl. The minimum atomic E-state index is -0.661. The first-order valence-electron chi connectivity index (χ1n) is 5.84. The molecule has 114 valence electrons. The van der Waals surface area contributed by atoms with E-state index in [9.17, 15) is 14.9 Å². The van der Waals surface area contributed by atoms with Crippen LogP contribution in [0.3, 0.4) is 0 Å². The zero-order valence-electron chi connectivity index (χ0n) is 10.8. The number of hydrogen-bond donors (Lipinski definition) is 2. The Hall–Kier alpha value is -2.02. The average Bonchev–Trinajstić information content (AvgIpc) is 2.45. The molecule has 2 N–H and O–H groups in total. The highest BCUT2D eigenvalue weighted by atomic mass is 35.5. The van der Waals surface area contributed by atoms with Crippen molar-refractivity contribution in [3.8, 4) is 0 Å². The summed E-state index contributed by atoms with van der Waals surface area (Å²) in [6, 6.07) is 7.62. The van der Waals surface area contributed by atoms with E-state index in [0.717, 1.165) is 6.07 Å². The van der Waals surface area contributed by atoms with Crippen LogP contribution in [0.2, 0.25) is 15.1 Å². The van der Waals surface area contributed by atoms with Gasteiger partial charge in [0.15, 0.2) is 0 Å². The fourth-order valence-corrected chi connectivity index (χ4v) is 2.09. The normalized spacial score (nSPS) is 10.1. The molecule has 0 aromatic heterocycles. The van der Waals surface area contributed by atoms with Gasteiger partial charge in [-0.3, -0.25) is 10.1 Å². The molecule has 0 spiro atoms. The molecule has 0 saturated carbocycles. The predicted molar refractivity (Wildman–Crippen MR) is 87.2 cm³/mol. The van der Waals surface area contributed by atoms with Gasteiger partial charge in [-0.15, -0.1) is 0 Å². The average molecular weight is 361 g/mol. The number of urea groups is 1. The Morgan fingerprint density at radius 1 is 0.955 bits per heavy atom. The van der Waals surface area contributed by atoms with Gasteiger partial charge in [-0.1, -0.05) is 34.8 Å².